The molecular formula is C15H15BrN2O3. The predicted octanol–water partition coefficient (Wildman–Crippen LogP) is 3.12. The number of aromatic nitrogens is 1. The van der Waals surface area contributed by atoms with Gasteiger partial charge in [0.2, 0.25) is 0 Å². The Morgan fingerprint density at radius 2 is 2.14 bits per heavy atom. The van der Waals surface area contributed by atoms with Crippen molar-refractivity contribution in [2.75, 3.05) is 25.6 Å². The molecule has 0 radical (unpaired) electrons. The van der Waals surface area contributed by atoms with Crippen LogP contribution in [-0.4, -0.2) is 31.2 Å². The zero-order valence-electron chi connectivity index (χ0n) is 11.5. The number of benzene rings is 1. The second-order valence-corrected chi connectivity index (χ2v) is 5.01. The van der Waals surface area contributed by atoms with E-state index in [9.17, 15) is 4.79 Å². The molecule has 0 aliphatic heterocycles. The zero-order chi connectivity index (χ0) is 15.1. The average Bonchev–Trinajstić information content (AvgIpc) is 2.48. The molecule has 1 aromatic heterocycles. The maximum atomic E-state index is 12.1. The van der Waals surface area contributed by atoms with Gasteiger partial charge >= 0.3 is 0 Å². The molecule has 0 aliphatic carbocycles. The highest BCUT2D eigenvalue weighted by Crippen LogP contribution is 2.19. The Kier molecular flexibility index (Phi) is 5.71. The van der Waals surface area contributed by atoms with Crippen LogP contribution in [-0.2, 0) is 4.74 Å². The third-order valence-corrected chi connectivity index (χ3v) is 3.26. The molecule has 6 heteroatoms. The smallest absolute Gasteiger partial charge is 0.275 e. The Labute approximate surface area is 131 Å². The van der Waals surface area contributed by atoms with Crippen LogP contribution in [0.15, 0.2) is 47.1 Å². The van der Waals surface area contributed by atoms with Gasteiger partial charge in [-0.3, -0.25) is 4.79 Å². The van der Waals surface area contributed by atoms with E-state index < -0.39 is 0 Å². The monoisotopic (exact) mass is 350 g/mol. The number of methoxy groups -OCH3 is 1. The molecule has 5 nitrogen and oxygen atoms in total. The van der Waals surface area contributed by atoms with Gasteiger partial charge in [-0.15, -0.1) is 0 Å². The second-order valence-electron chi connectivity index (χ2n) is 4.16. The Hall–Kier alpha value is -1.92. The minimum atomic E-state index is -0.281. The summed E-state index contributed by atoms with van der Waals surface area (Å²) in [6.45, 7) is 0.969. The summed E-state index contributed by atoms with van der Waals surface area (Å²) in [5.74, 6) is 0.390. The molecule has 0 saturated carbocycles. The van der Waals surface area contributed by atoms with Crippen molar-refractivity contribution in [3.8, 4) is 5.75 Å². The molecule has 0 bridgehead atoms. The van der Waals surface area contributed by atoms with Gasteiger partial charge in [-0.25, -0.2) is 4.98 Å². The van der Waals surface area contributed by atoms with Crippen molar-refractivity contribution in [3.05, 3.63) is 52.8 Å². The van der Waals surface area contributed by atoms with Crippen LogP contribution in [0.1, 0.15) is 10.5 Å². The molecule has 0 aliphatic rings. The van der Waals surface area contributed by atoms with Gasteiger partial charge in [0.05, 0.1) is 6.61 Å². The fourth-order valence-corrected chi connectivity index (χ4v) is 2.08. The number of nitrogens with one attached hydrogen (secondary N) is 1. The average molecular weight is 351 g/mol. The third kappa shape index (κ3) is 4.54. The summed E-state index contributed by atoms with van der Waals surface area (Å²) in [7, 11) is 1.62. The Morgan fingerprint density at radius 3 is 2.90 bits per heavy atom. The highest BCUT2D eigenvalue weighted by atomic mass is 79.9. The first-order valence-corrected chi connectivity index (χ1v) is 7.13. The lowest BCUT2D eigenvalue weighted by Crippen LogP contribution is -2.14. The van der Waals surface area contributed by atoms with Crippen LogP contribution in [0.3, 0.4) is 0 Å². The summed E-state index contributed by atoms with van der Waals surface area (Å²) in [5, 5.41) is 2.79. The van der Waals surface area contributed by atoms with E-state index >= 15 is 0 Å². The van der Waals surface area contributed by atoms with Crippen LogP contribution in [0.2, 0.25) is 0 Å². The van der Waals surface area contributed by atoms with Gasteiger partial charge in [-0.1, -0.05) is 6.07 Å². The maximum Gasteiger partial charge on any atom is 0.275 e. The van der Waals surface area contributed by atoms with E-state index in [4.69, 9.17) is 9.47 Å². The lowest BCUT2D eigenvalue weighted by molar-refractivity contribution is 0.102. The first-order chi connectivity index (χ1) is 10.2. The van der Waals surface area contributed by atoms with Crippen molar-refractivity contribution in [1.29, 1.82) is 0 Å². The van der Waals surface area contributed by atoms with Crippen molar-refractivity contribution < 1.29 is 14.3 Å². The van der Waals surface area contributed by atoms with E-state index in [1.54, 1.807) is 37.6 Å². The largest absolute Gasteiger partial charge is 0.491 e. The molecule has 0 fully saturated rings. The molecule has 1 heterocycles. The van der Waals surface area contributed by atoms with Crippen molar-refractivity contribution in [3.63, 3.8) is 0 Å². The predicted molar refractivity (Wildman–Crippen MR) is 83.7 cm³/mol. The van der Waals surface area contributed by atoms with E-state index in [-0.39, 0.29) is 5.91 Å². The normalized spacial score (nSPS) is 10.2. The number of carbonyl (C=O) groups is 1. The second kappa shape index (κ2) is 7.75. The van der Waals surface area contributed by atoms with Crippen LogP contribution >= 0.6 is 15.9 Å². The number of halogens is 1. The van der Waals surface area contributed by atoms with E-state index in [2.05, 4.69) is 26.2 Å². The summed E-state index contributed by atoms with van der Waals surface area (Å²) >= 11 is 3.30. The van der Waals surface area contributed by atoms with Gasteiger partial charge in [0, 0.05) is 29.5 Å². The van der Waals surface area contributed by atoms with E-state index in [1.165, 1.54) is 0 Å². The number of amides is 1. The van der Waals surface area contributed by atoms with Gasteiger partial charge in [-0.05, 0) is 40.2 Å². The molecule has 110 valence electrons. The zero-order valence-corrected chi connectivity index (χ0v) is 13.1. The lowest BCUT2D eigenvalue weighted by atomic mass is 10.2. The standard InChI is InChI=1S/C15H15BrN2O3/c1-20-8-9-21-12-5-2-4-11(10-12)18-15(19)14-13(16)6-3-7-17-14/h2-7,10H,8-9H2,1H3,(H,18,19). The van der Waals surface area contributed by atoms with Crippen LogP contribution in [0.25, 0.3) is 0 Å². The molecule has 2 rings (SSSR count). The maximum absolute atomic E-state index is 12.1. The number of nitrogens with zero attached hydrogens (tertiary/aromatic N) is 1. The molecule has 1 N–H and O–H groups in total. The summed E-state index contributed by atoms with van der Waals surface area (Å²) in [4.78, 5) is 16.2. The van der Waals surface area contributed by atoms with Crippen LogP contribution in [0.5, 0.6) is 5.75 Å². The van der Waals surface area contributed by atoms with Gasteiger partial charge in [0.25, 0.3) is 5.91 Å². The van der Waals surface area contributed by atoms with Crippen molar-refractivity contribution in [1.82, 2.24) is 4.98 Å². The first-order valence-electron chi connectivity index (χ1n) is 6.34. The Morgan fingerprint density at radius 1 is 1.29 bits per heavy atom. The minimum absolute atomic E-state index is 0.281. The van der Waals surface area contributed by atoms with Crippen molar-refractivity contribution in [2.45, 2.75) is 0 Å². The van der Waals surface area contributed by atoms with Gasteiger partial charge in [-0.2, -0.15) is 0 Å². The molecule has 1 aromatic carbocycles. The van der Waals surface area contributed by atoms with Gasteiger partial charge < -0.3 is 14.8 Å². The summed E-state index contributed by atoms with van der Waals surface area (Å²) in [5.41, 5.74) is 0.982. The summed E-state index contributed by atoms with van der Waals surface area (Å²) in [6.07, 6.45) is 1.57. The van der Waals surface area contributed by atoms with Crippen LogP contribution < -0.4 is 10.1 Å². The summed E-state index contributed by atoms with van der Waals surface area (Å²) < 4.78 is 11.1. The Bertz CT molecular complexity index is 619. The molecule has 0 spiro atoms. The fraction of sp³-hybridized carbons (Fsp3) is 0.200. The lowest BCUT2D eigenvalue weighted by Gasteiger charge is -2.09. The van der Waals surface area contributed by atoms with Crippen LogP contribution in [0, 0.1) is 0 Å². The summed E-state index contributed by atoms with van der Waals surface area (Å²) in [6, 6.07) is 10.7. The topological polar surface area (TPSA) is 60.5 Å². The molecule has 21 heavy (non-hydrogen) atoms. The number of pyridine rings is 1. The third-order valence-electron chi connectivity index (χ3n) is 2.62. The SMILES string of the molecule is COCCOc1cccc(NC(=O)c2ncccc2Br)c1. The number of anilines is 1. The number of rotatable bonds is 6. The van der Waals surface area contributed by atoms with Gasteiger partial charge in [0.15, 0.2) is 0 Å². The molecule has 1 amide bonds. The molecule has 2 aromatic rings. The molecule has 0 atom stereocenters. The molecule has 0 unspecified atom stereocenters. The van der Waals surface area contributed by atoms with E-state index in [0.29, 0.717) is 34.8 Å². The number of carbonyl (C=O) groups excluding carboxylic acids is 1. The van der Waals surface area contributed by atoms with Gasteiger partial charge in [0.1, 0.15) is 18.1 Å². The van der Waals surface area contributed by atoms with Crippen molar-refractivity contribution >= 4 is 27.5 Å². The Balaban J connectivity index is 2.04. The van der Waals surface area contributed by atoms with Crippen molar-refractivity contribution in [2.24, 2.45) is 0 Å². The minimum Gasteiger partial charge on any atom is -0.491 e. The number of hydrogen-bond acceptors (Lipinski definition) is 4. The highest BCUT2D eigenvalue weighted by Gasteiger charge is 2.11. The first kappa shape index (κ1) is 15.5. The molecule has 0 saturated heterocycles. The fourth-order valence-electron chi connectivity index (χ4n) is 1.65. The highest BCUT2D eigenvalue weighted by molar-refractivity contribution is 9.10. The van der Waals surface area contributed by atoms with E-state index in [0.717, 1.165) is 0 Å². The van der Waals surface area contributed by atoms with Crippen LogP contribution in [0.4, 0.5) is 5.69 Å². The quantitative estimate of drug-likeness (QED) is 0.813. The number of ether oxygens (including phenoxy) is 2. The van der Waals surface area contributed by atoms with E-state index in [1.807, 2.05) is 12.1 Å². The number of hydrogen-bond donors (Lipinski definition) is 1. The molecular weight excluding hydrogens is 336 g/mol.